The standard InChI is InChI=1S/C17H18O3P/c1-10-8-12(3)15(13(4)9-10)17(18)16-11(2)6-5-7-14(16)20-21-19/h5-9,21H,1-4H3/q+1. The molecule has 0 radical (unpaired) electrons. The lowest BCUT2D eigenvalue weighted by molar-refractivity contribution is 0.103. The lowest BCUT2D eigenvalue weighted by Gasteiger charge is -2.12. The van der Waals surface area contributed by atoms with Gasteiger partial charge in [-0.3, -0.25) is 9.32 Å². The average molecular weight is 301 g/mol. The Morgan fingerprint density at radius 2 is 1.57 bits per heavy atom. The SMILES string of the molecule is Cc1cc(C)c(C(=O)c2c(C)cccc2O[PH+]=O)c(C)c1. The fraction of sp³-hybridized carbons (Fsp3) is 0.235. The van der Waals surface area contributed by atoms with E-state index in [2.05, 4.69) is 0 Å². The molecule has 1 atom stereocenters. The molecule has 0 saturated heterocycles. The van der Waals surface area contributed by atoms with Crippen LogP contribution < -0.4 is 4.52 Å². The van der Waals surface area contributed by atoms with Gasteiger partial charge >= 0.3 is 8.69 Å². The summed E-state index contributed by atoms with van der Waals surface area (Å²) in [6.07, 6.45) is 0. The molecule has 4 heteroatoms. The lowest BCUT2D eigenvalue weighted by atomic mass is 9.91. The molecular weight excluding hydrogens is 283 g/mol. The van der Waals surface area contributed by atoms with Gasteiger partial charge in [0.25, 0.3) is 0 Å². The van der Waals surface area contributed by atoms with Crippen LogP contribution in [-0.2, 0) is 4.57 Å². The molecule has 0 spiro atoms. The van der Waals surface area contributed by atoms with Gasteiger partial charge in [0.2, 0.25) is 0 Å². The van der Waals surface area contributed by atoms with E-state index in [0.29, 0.717) is 16.9 Å². The average Bonchev–Trinajstić information content (AvgIpc) is 2.37. The smallest absolute Gasteiger partial charge is 0.288 e. The molecule has 108 valence electrons. The zero-order valence-electron chi connectivity index (χ0n) is 12.6. The molecule has 2 rings (SSSR count). The highest BCUT2D eigenvalue weighted by Gasteiger charge is 2.22. The van der Waals surface area contributed by atoms with E-state index in [-0.39, 0.29) is 5.78 Å². The number of benzene rings is 2. The molecule has 0 bridgehead atoms. The van der Waals surface area contributed by atoms with Crippen molar-refractivity contribution < 1.29 is 13.9 Å². The van der Waals surface area contributed by atoms with Crippen LogP contribution in [0.5, 0.6) is 5.75 Å². The van der Waals surface area contributed by atoms with E-state index in [0.717, 1.165) is 22.3 Å². The number of aryl methyl sites for hydroxylation is 4. The zero-order chi connectivity index (χ0) is 15.6. The minimum Gasteiger partial charge on any atom is -0.288 e. The second-order valence-corrected chi connectivity index (χ2v) is 5.61. The van der Waals surface area contributed by atoms with E-state index in [1.165, 1.54) is 0 Å². The van der Waals surface area contributed by atoms with Crippen LogP contribution in [0.25, 0.3) is 0 Å². The Bertz CT molecular complexity index is 697. The van der Waals surface area contributed by atoms with E-state index in [4.69, 9.17) is 4.52 Å². The van der Waals surface area contributed by atoms with Crippen LogP contribution in [0.3, 0.4) is 0 Å². The summed E-state index contributed by atoms with van der Waals surface area (Å²) in [4.78, 5) is 12.9. The predicted molar refractivity (Wildman–Crippen MR) is 84.9 cm³/mol. The predicted octanol–water partition coefficient (Wildman–Crippen LogP) is 4.47. The van der Waals surface area contributed by atoms with Gasteiger partial charge in [-0.2, -0.15) is 0 Å². The van der Waals surface area contributed by atoms with E-state index in [1.807, 2.05) is 45.9 Å². The van der Waals surface area contributed by atoms with E-state index >= 15 is 0 Å². The molecule has 0 aromatic heterocycles. The maximum atomic E-state index is 12.9. The lowest BCUT2D eigenvalue weighted by Crippen LogP contribution is -2.09. The van der Waals surface area contributed by atoms with Gasteiger partial charge in [0.15, 0.2) is 11.5 Å². The first-order valence-electron chi connectivity index (χ1n) is 6.72. The monoisotopic (exact) mass is 301 g/mol. The minimum absolute atomic E-state index is 0.0867. The number of hydrogen-bond acceptors (Lipinski definition) is 3. The summed E-state index contributed by atoms with van der Waals surface area (Å²) in [5.74, 6) is 0.282. The molecule has 2 aromatic rings. The van der Waals surface area contributed by atoms with Crippen molar-refractivity contribution >= 4 is 14.5 Å². The van der Waals surface area contributed by atoms with Gasteiger partial charge in [0.05, 0.1) is 5.56 Å². The van der Waals surface area contributed by atoms with Crippen molar-refractivity contribution in [1.82, 2.24) is 0 Å². The molecule has 0 aliphatic carbocycles. The summed E-state index contributed by atoms with van der Waals surface area (Å²) in [6, 6.07) is 9.30. The summed E-state index contributed by atoms with van der Waals surface area (Å²) in [6.45, 7) is 7.73. The van der Waals surface area contributed by atoms with Crippen LogP contribution in [0.1, 0.15) is 38.2 Å². The highest BCUT2D eigenvalue weighted by Crippen LogP contribution is 2.29. The van der Waals surface area contributed by atoms with Gasteiger partial charge in [-0.05, 0) is 55.0 Å². The maximum absolute atomic E-state index is 12.9. The topological polar surface area (TPSA) is 43.4 Å². The molecule has 0 aliphatic heterocycles. The van der Waals surface area contributed by atoms with Gasteiger partial charge in [-0.15, -0.1) is 0 Å². The van der Waals surface area contributed by atoms with Gasteiger partial charge in [0.1, 0.15) is 0 Å². The van der Waals surface area contributed by atoms with Crippen LogP contribution in [0.15, 0.2) is 30.3 Å². The van der Waals surface area contributed by atoms with Gasteiger partial charge < -0.3 is 0 Å². The largest absolute Gasteiger partial charge is 0.542 e. The normalized spacial score (nSPS) is 10.7. The summed E-state index contributed by atoms with van der Waals surface area (Å²) in [7, 11) is -0.931. The van der Waals surface area contributed by atoms with E-state index < -0.39 is 8.69 Å². The van der Waals surface area contributed by atoms with Crippen molar-refractivity contribution in [2.75, 3.05) is 0 Å². The highest BCUT2D eigenvalue weighted by atomic mass is 31.1. The molecule has 1 unspecified atom stereocenters. The Morgan fingerprint density at radius 1 is 0.952 bits per heavy atom. The molecule has 0 aliphatic rings. The molecule has 0 N–H and O–H groups in total. The van der Waals surface area contributed by atoms with Crippen molar-refractivity contribution in [2.45, 2.75) is 27.7 Å². The molecule has 21 heavy (non-hydrogen) atoms. The van der Waals surface area contributed by atoms with Gasteiger partial charge in [-0.1, -0.05) is 29.8 Å². The Kier molecular flexibility index (Phi) is 4.54. The first-order valence-corrected chi connectivity index (χ1v) is 7.53. The second-order valence-electron chi connectivity index (χ2n) is 5.24. The molecular formula is C17H18O3P+. The molecule has 0 amide bonds. The number of rotatable bonds is 4. The Morgan fingerprint density at radius 3 is 2.14 bits per heavy atom. The molecule has 0 saturated carbocycles. The van der Waals surface area contributed by atoms with Crippen molar-refractivity contribution in [3.05, 3.63) is 63.7 Å². The Hall–Kier alpha value is -1.99. The first-order chi connectivity index (χ1) is 9.95. The molecule has 2 aromatic carbocycles. The van der Waals surface area contributed by atoms with Crippen molar-refractivity contribution in [3.63, 3.8) is 0 Å². The third-order valence-electron chi connectivity index (χ3n) is 3.52. The zero-order valence-corrected chi connectivity index (χ0v) is 13.6. The highest BCUT2D eigenvalue weighted by molar-refractivity contribution is 7.17. The van der Waals surface area contributed by atoms with Gasteiger partial charge in [-0.25, -0.2) is 0 Å². The fourth-order valence-corrected chi connectivity index (χ4v) is 2.98. The Labute approximate surface area is 126 Å². The van der Waals surface area contributed by atoms with Crippen LogP contribution in [0, 0.1) is 27.7 Å². The summed E-state index contributed by atoms with van der Waals surface area (Å²) >= 11 is 0. The summed E-state index contributed by atoms with van der Waals surface area (Å²) in [5, 5.41) is 0. The minimum atomic E-state index is -0.931. The van der Waals surface area contributed by atoms with Crippen molar-refractivity contribution in [2.24, 2.45) is 0 Å². The molecule has 3 nitrogen and oxygen atoms in total. The van der Waals surface area contributed by atoms with Crippen LogP contribution >= 0.6 is 8.69 Å². The van der Waals surface area contributed by atoms with Crippen LogP contribution in [0.4, 0.5) is 0 Å². The maximum Gasteiger partial charge on any atom is 0.542 e. The van der Waals surface area contributed by atoms with E-state index in [9.17, 15) is 9.36 Å². The third-order valence-corrected chi connectivity index (χ3v) is 3.82. The third kappa shape index (κ3) is 3.03. The first kappa shape index (κ1) is 15.4. The number of carbonyl (C=O) groups excluding carboxylic acids is 1. The quantitative estimate of drug-likeness (QED) is 0.618. The Balaban J connectivity index is 2.63. The number of carbonyl (C=O) groups is 1. The molecule has 0 fully saturated rings. The second kappa shape index (κ2) is 6.19. The summed E-state index contributed by atoms with van der Waals surface area (Å²) < 4.78 is 15.9. The fourth-order valence-electron chi connectivity index (χ4n) is 2.72. The van der Waals surface area contributed by atoms with Crippen LogP contribution in [-0.4, -0.2) is 5.78 Å². The summed E-state index contributed by atoms with van der Waals surface area (Å²) in [5.41, 5.74) is 5.00. The van der Waals surface area contributed by atoms with E-state index in [1.54, 1.807) is 12.1 Å². The van der Waals surface area contributed by atoms with Gasteiger partial charge in [0, 0.05) is 5.56 Å². The van der Waals surface area contributed by atoms with Crippen LogP contribution in [0.2, 0.25) is 0 Å². The number of ketones is 1. The number of hydrogen-bond donors (Lipinski definition) is 0. The molecule has 0 heterocycles. The van der Waals surface area contributed by atoms with Crippen molar-refractivity contribution in [1.29, 1.82) is 0 Å². The van der Waals surface area contributed by atoms with Crippen molar-refractivity contribution in [3.8, 4) is 5.75 Å².